The van der Waals surface area contributed by atoms with Gasteiger partial charge in [-0.15, -0.1) is 11.3 Å². The van der Waals surface area contributed by atoms with Crippen molar-refractivity contribution in [1.29, 1.82) is 0 Å². The highest BCUT2D eigenvalue weighted by molar-refractivity contribution is 7.89. The molecule has 2 N–H and O–H groups in total. The van der Waals surface area contributed by atoms with E-state index in [0.29, 0.717) is 21.5 Å². The number of aryl methyl sites for hydroxylation is 3. The van der Waals surface area contributed by atoms with Crippen molar-refractivity contribution in [3.8, 4) is 10.7 Å². The second-order valence-corrected chi connectivity index (χ2v) is 10.2. The molecule has 0 aliphatic heterocycles. The van der Waals surface area contributed by atoms with Crippen LogP contribution in [0.15, 0.2) is 39.8 Å². The molecule has 0 saturated heterocycles. The van der Waals surface area contributed by atoms with Gasteiger partial charge in [0.1, 0.15) is 0 Å². The predicted octanol–water partition coefficient (Wildman–Crippen LogP) is 2.89. The number of aromatic nitrogens is 2. The van der Waals surface area contributed by atoms with Crippen LogP contribution in [0.2, 0.25) is 0 Å². The molecular weight excluding hydrogens is 424 g/mol. The average Bonchev–Trinajstić information content (AvgIpc) is 3.33. The number of thiophene rings is 1. The summed E-state index contributed by atoms with van der Waals surface area (Å²) < 4.78 is 32.9. The van der Waals surface area contributed by atoms with Crippen LogP contribution in [-0.2, 0) is 21.2 Å². The van der Waals surface area contributed by atoms with Crippen LogP contribution in [0.25, 0.3) is 10.7 Å². The van der Waals surface area contributed by atoms with Gasteiger partial charge in [0.05, 0.1) is 22.4 Å². The van der Waals surface area contributed by atoms with Crippen LogP contribution in [0.3, 0.4) is 0 Å². The molecule has 1 aliphatic carbocycles. The summed E-state index contributed by atoms with van der Waals surface area (Å²) >= 11 is 1.26. The quantitative estimate of drug-likeness (QED) is 0.602. The summed E-state index contributed by atoms with van der Waals surface area (Å²) in [5, 5.41) is 6.78. The number of rotatable bonds is 6. The van der Waals surface area contributed by atoms with Crippen molar-refractivity contribution in [2.75, 3.05) is 6.54 Å². The van der Waals surface area contributed by atoms with Gasteiger partial charge in [-0.05, 0) is 43.4 Å². The standard InChI is InChI=1S/C20H22N4O4S2/c1-12-18(10-17(29-12)20-22-13(2)28-24-20)30(26,27)21-11-19(25)23-16-9-5-7-14-6-3-4-8-15(14)16/h3-4,6,8,10,16,21H,5,7,9,11H2,1-2H3,(H,23,25). The number of hydrogen-bond donors (Lipinski definition) is 2. The molecule has 0 saturated carbocycles. The summed E-state index contributed by atoms with van der Waals surface area (Å²) in [5.74, 6) is 0.387. The molecule has 2 aromatic heterocycles. The molecule has 2 heterocycles. The Morgan fingerprint density at radius 1 is 1.30 bits per heavy atom. The van der Waals surface area contributed by atoms with Crippen LogP contribution in [0, 0.1) is 13.8 Å². The molecule has 1 atom stereocenters. The van der Waals surface area contributed by atoms with E-state index in [-0.39, 0.29) is 23.4 Å². The Labute approximate surface area is 178 Å². The summed E-state index contributed by atoms with van der Waals surface area (Å²) in [6.07, 6.45) is 2.82. The van der Waals surface area contributed by atoms with Gasteiger partial charge in [0.2, 0.25) is 27.6 Å². The second kappa shape index (κ2) is 8.29. The fraction of sp³-hybridized carbons (Fsp3) is 0.350. The summed E-state index contributed by atoms with van der Waals surface area (Å²) in [6, 6.07) is 9.43. The number of nitrogens with one attached hydrogen (secondary N) is 2. The Morgan fingerprint density at radius 3 is 2.87 bits per heavy atom. The third-order valence-electron chi connectivity index (χ3n) is 5.04. The molecule has 1 amide bonds. The van der Waals surface area contributed by atoms with Gasteiger partial charge in [0, 0.05) is 11.8 Å². The van der Waals surface area contributed by atoms with Crippen LogP contribution in [0.5, 0.6) is 0 Å². The minimum atomic E-state index is -3.85. The molecule has 4 rings (SSSR count). The molecule has 0 fully saturated rings. The van der Waals surface area contributed by atoms with Crippen molar-refractivity contribution in [3.63, 3.8) is 0 Å². The van der Waals surface area contributed by atoms with Crippen LogP contribution < -0.4 is 10.0 Å². The van der Waals surface area contributed by atoms with Gasteiger partial charge in [0.15, 0.2) is 0 Å². The van der Waals surface area contributed by atoms with Crippen molar-refractivity contribution in [2.45, 2.75) is 44.0 Å². The molecule has 0 radical (unpaired) electrons. The van der Waals surface area contributed by atoms with Crippen LogP contribution >= 0.6 is 11.3 Å². The van der Waals surface area contributed by atoms with E-state index in [4.69, 9.17) is 4.52 Å². The molecule has 3 aromatic rings. The smallest absolute Gasteiger partial charge is 0.242 e. The summed E-state index contributed by atoms with van der Waals surface area (Å²) in [7, 11) is -3.85. The van der Waals surface area contributed by atoms with Gasteiger partial charge in [-0.3, -0.25) is 4.79 Å². The van der Waals surface area contributed by atoms with Crippen molar-refractivity contribution >= 4 is 27.3 Å². The van der Waals surface area contributed by atoms with E-state index >= 15 is 0 Å². The lowest BCUT2D eigenvalue weighted by Gasteiger charge is -2.26. The number of hydrogen-bond acceptors (Lipinski definition) is 7. The first kappa shape index (κ1) is 20.7. The third kappa shape index (κ3) is 4.30. The van der Waals surface area contributed by atoms with Crippen LogP contribution in [-0.4, -0.2) is 31.0 Å². The van der Waals surface area contributed by atoms with E-state index in [2.05, 4.69) is 26.2 Å². The zero-order valence-electron chi connectivity index (χ0n) is 16.6. The van der Waals surface area contributed by atoms with Crippen molar-refractivity contribution in [1.82, 2.24) is 20.2 Å². The summed E-state index contributed by atoms with van der Waals surface area (Å²) in [6.45, 7) is 3.04. The van der Waals surface area contributed by atoms with Crippen LogP contribution in [0.4, 0.5) is 0 Å². The van der Waals surface area contributed by atoms with Crippen LogP contribution in [0.1, 0.15) is 40.8 Å². The van der Waals surface area contributed by atoms with Gasteiger partial charge in [-0.25, -0.2) is 13.1 Å². The molecule has 1 aliphatic rings. The molecule has 158 valence electrons. The molecule has 30 heavy (non-hydrogen) atoms. The number of nitrogens with zero attached hydrogens (tertiary/aromatic N) is 2. The first-order valence-electron chi connectivity index (χ1n) is 9.61. The SMILES string of the molecule is Cc1nc(-c2cc(S(=O)(=O)NCC(=O)NC3CCCc4ccccc43)c(C)s2)no1. The zero-order valence-corrected chi connectivity index (χ0v) is 18.3. The molecule has 10 heteroatoms. The lowest BCUT2D eigenvalue weighted by atomic mass is 9.88. The van der Waals surface area contributed by atoms with E-state index in [0.717, 1.165) is 24.8 Å². The number of fused-ring (bicyclic) bond motifs is 1. The maximum atomic E-state index is 12.7. The Hall–Kier alpha value is -2.56. The highest BCUT2D eigenvalue weighted by Crippen LogP contribution is 2.32. The Balaban J connectivity index is 1.42. The minimum absolute atomic E-state index is 0.0945. The fourth-order valence-electron chi connectivity index (χ4n) is 3.63. The number of carbonyl (C=O) groups is 1. The Kier molecular flexibility index (Phi) is 5.72. The van der Waals surface area contributed by atoms with Crippen molar-refractivity contribution < 1.29 is 17.7 Å². The monoisotopic (exact) mass is 446 g/mol. The number of benzene rings is 1. The van der Waals surface area contributed by atoms with E-state index in [1.165, 1.54) is 23.0 Å². The van der Waals surface area contributed by atoms with E-state index in [1.807, 2.05) is 18.2 Å². The first-order valence-corrected chi connectivity index (χ1v) is 11.9. The topological polar surface area (TPSA) is 114 Å². The molecule has 8 nitrogen and oxygen atoms in total. The number of amides is 1. The lowest BCUT2D eigenvalue weighted by molar-refractivity contribution is -0.120. The maximum Gasteiger partial charge on any atom is 0.242 e. The third-order valence-corrected chi connectivity index (χ3v) is 7.74. The minimum Gasteiger partial charge on any atom is -0.348 e. The Morgan fingerprint density at radius 2 is 2.10 bits per heavy atom. The molecule has 0 bridgehead atoms. The fourth-order valence-corrected chi connectivity index (χ4v) is 6.13. The average molecular weight is 447 g/mol. The highest BCUT2D eigenvalue weighted by atomic mass is 32.2. The normalized spacial score (nSPS) is 16.3. The van der Waals surface area contributed by atoms with E-state index in [1.54, 1.807) is 13.8 Å². The molecule has 1 aromatic carbocycles. The predicted molar refractivity (Wildman–Crippen MR) is 113 cm³/mol. The van der Waals surface area contributed by atoms with E-state index < -0.39 is 10.0 Å². The van der Waals surface area contributed by atoms with Gasteiger partial charge < -0.3 is 9.84 Å². The van der Waals surface area contributed by atoms with Gasteiger partial charge in [-0.1, -0.05) is 29.4 Å². The van der Waals surface area contributed by atoms with Gasteiger partial charge in [0.25, 0.3) is 0 Å². The number of carbonyl (C=O) groups excluding carboxylic acids is 1. The van der Waals surface area contributed by atoms with Crippen molar-refractivity contribution in [2.24, 2.45) is 0 Å². The van der Waals surface area contributed by atoms with Gasteiger partial charge in [-0.2, -0.15) is 4.98 Å². The van der Waals surface area contributed by atoms with E-state index in [9.17, 15) is 13.2 Å². The molecular formula is C20H22N4O4S2. The lowest BCUT2D eigenvalue weighted by Crippen LogP contribution is -2.39. The number of sulfonamides is 1. The largest absolute Gasteiger partial charge is 0.348 e. The molecule has 1 unspecified atom stereocenters. The van der Waals surface area contributed by atoms with Crippen molar-refractivity contribution in [3.05, 3.63) is 52.2 Å². The highest BCUT2D eigenvalue weighted by Gasteiger charge is 2.25. The zero-order chi connectivity index (χ0) is 21.3. The first-order chi connectivity index (χ1) is 14.3. The summed E-state index contributed by atoms with van der Waals surface area (Å²) in [5.41, 5.74) is 2.33. The Bertz CT molecular complexity index is 1180. The molecule has 0 spiro atoms. The summed E-state index contributed by atoms with van der Waals surface area (Å²) in [4.78, 5) is 17.9. The maximum absolute atomic E-state index is 12.7. The van der Waals surface area contributed by atoms with Gasteiger partial charge >= 0.3 is 0 Å². The second-order valence-electron chi connectivity index (χ2n) is 7.20.